The molecule has 1 unspecified atom stereocenters. The molecule has 0 radical (unpaired) electrons. The van der Waals surface area contributed by atoms with E-state index >= 15 is 0 Å². The van der Waals surface area contributed by atoms with Crippen molar-refractivity contribution in [1.82, 2.24) is 5.32 Å². The summed E-state index contributed by atoms with van der Waals surface area (Å²) in [7, 11) is 1.73. The van der Waals surface area contributed by atoms with E-state index in [1.54, 1.807) is 25.2 Å². The van der Waals surface area contributed by atoms with Crippen molar-refractivity contribution in [3.05, 3.63) is 69.7 Å². The van der Waals surface area contributed by atoms with E-state index in [1.165, 1.54) is 18.2 Å². The maximum absolute atomic E-state index is 13.5. The van der Waals surface area contributed by atoms with E-state index in [-0.39, 0.29) is 16.9 Å². The molecule has 0 fully saturated rings. The molecule has 2 rings (SSSR count). The topological polar surface area (TPSA) is 12.0 Å². The highest BCUT2D eigenvalue weighted by molar-refractivity contribution is 6.31. The molecular weight excluding hydrogens is 268 g/mol. The Morgan fingerprint density at radius 2 is 1.84 bits per heavy atom. The van der Waals surface area contributed by atoms with Gasteiger partial charge in [0.05, 0.1) is 11.1 Å². The molecule has 19 heavy (non-hydrogen) atoms. The molecule has 1 N–H and O–H groups in total. The molecule has 0 aliphatic rings. The van der Waals surface area contributed by atoms with Crippen molar-refractivity contribution in [3.8, 4) is 0 Å². The zero-order valence-electron chi connectivity index (χ0n) is 10.7. The van der Waals surface area contributed by atoms with Gasteiger partial charge in [-0.05, 0) is 48.9 Å². The van der Waals surface area contributed by atoms with Crippen LogP contribution >= 0.6 is 11.6 Å². The summed E-state index contributed by atoms with van der Waals surface area (Å²) >= 11 is 6.00. The molecule has 0 heterocycles. The number of benzene rings is 2. The summed E-state index contributed by atoms with van der Waals surface area (Å²) in [5, 5.41) is 3.11. The molecule has 0 saturated carbocycles. The minimum absolute atomic E-state index is 0.0607. The lowest BCUT2D eigenvalue weighted by atomic mass is 9.95. The molecule has 4 heteroatoms. The quantitative estimate of drug-likeness (QED) is 0.887. The smallest absolute Gasteiger partial charge is 0.142 e. The maximum atomic E-state index is 13.5. The molecule has 0 amide bonds. The molecule has 0 saturated heterocycles. The highest BCUT2D eigenvalue weighted by Gasteiger charge is 2.19. The lowest BCUT2D eigenvalue weighted by molar-refractivity contribution is 0.607. The van der Waals surface area contributed by atoms with Gasteiger partial charge in [0.1, 0.15) is 11.6 Å². The number of hydrogen-bond donors (Lipinski definition) is 1. The lowest BCUT2D eigenvalue weighted by Crippen LogP contribution is -2.19. The minimum Gasteiger partial charge on any atom is -0.309 e. The van der Waals surface area contributed by atoms with E-state index in [1.807, 2.05) is 6.92 Å². The van der Waals surface area contributed by atoms with Crippen LogP contribution in [0.1, 0.15) is 22.7 Å². The third-order valence-corrected chi connectivity index (χ3v) is 3.53. The molecule has 1 atom stereocenters. The van der Waals surface area contributed by atoms with Gasteiger partial charge < -0.3 is 5.32 Å². The number of rotatable bonds is 3. The summed E-state index contributed by atoms with van der Waals surface area (Å²) in [6.07, 6.45) is 0. The van der Waals surface area contributed by atoms with Crippen LogP contribution in [-0.4, -0.2) is 7.05 Å². The van der Waals surface area contributed by atoms with Gasteiger partial charge in [-0.1, -0.05) is 29.8 Å². The SMILES string of the molecule is CNC(c1cc(F)ccc1C)c1cccc(F)c1Cl. The summed E-state index contributed by atoms with van der Waals surface area (Å²) in [6.45, 7) is 1.88. The summed E-state index contributed by atoms with van der Waals surface area (Å²) < 4.78 is 26.9. The maximum Gasteiger partial charge on any atom is 0.142 e. The fourth-order valence-electron chi connectivity index (χ4n) is 2.14. The number of hydrogen-bond acceptors (Lipinski definition) is 1. The van der Waals surface area contributed by atoms with Crippen molar-refractivity contribution in [3.63, 3.8) is 0 Å². The second-order valence-corrected chi connectivity index (χ2v) is 4.74. The van der Waals surface area contributed by atoms with Gasteiger partial charge in [0.15, 0.2) is 0 Å². The van der Waals surface area contributed by atoms with E-state index in [0.717, 1.165) is 11.1 Å². The Bertz CT molecular complexity index is 597. The van der Waals surface area contributed by atoms with Crippen molar-refractivity contribution in [2.45, 2.75) is 13.0 Å². The average molecular weight is 282 g/mol. The second kappa shape index (κ2) is 5.68. The van der Waals surface area contributed by atoms with E-state index < -0.39 is 5.82 Å². The normalized spacial score (nSPS) is 12.5. The van der Waals surface area contributed by atoms with Crippen LogP contribution < -0.4 is 5.32 Å². The Balaban J connectivity index is 2.56. The molecule has 2 aromatic carbocycles. The van der Waals surface area contributed by atoms with Gasteiger partial charge in [-0.2, -0.15) is 0 Å². The van der Waals surface area contributed by atoms with E-state index in [9.17, 15) is 8.78 Å². The Labute approximate surface area is 116 Å². The van der Waals surface area contributed by atoms with Crippen molar-refractivity contribution < 1.29 is 8.78 Å². The first kappa shape index (κ1) is 14.0. The monoisotopic (exact) mass is 281 g/mol. The highest BCUT2D eigenvalue weighted by atomic mass is 35.5. The average Bonchev–Trinajstić information content (AvgIpc) is 2.39. The zero-order valence-corrected chi connectivity index (χ0v) is 11.4. The van der Waals surface area contributed by atoms with E-state index in [2.05, 4.69) is 5.32 Å². The fraction of sp³-hybridized carbons (Fsp3) is 0.200. The van der Waals surface area contributed by atoms with Gasteiger partial charge in [0.25, 0.3) is 0 Å². The molecule has 100 valence electrons. The van der Waals surface area contributed by atoms with Gasteiger partial charge in [0.2, 0.25) is 0 Å². The summed E-state index contributed by atoms with van der Waals surface area (Å²) in [5.74, 6) is -0.804. The van der Waals surface area contributed by atoms with Crippen LogP contribution in [0.3, 0.4) is 0 Å². The Kier molecular flexibility index (Phi) is 4.17. The van der Waals surface area contributed by atoms with Crippen molar-refractivity contribution in [2.24, 2.45) is 0 Å². The van der Waals surface area contributed by atoms with Crippen LogP contribution in [0.2, 0.25) is 5.02 Å². The molecular formula is C15H14ClF2N. The van der Waals surface area contributed by atoms with Crippen LogP contribution in [0.5, 0.6) is 0 Å². The first-order chi connectivity index (χ1) is 9.04. The highest BCUT2D eigenvalue weighted by Crippen LogP contribution is 2.31. The molecule has 0 aromatic heterocycles. The third-order valence-electron chi connectivity index (χ3n) is 3.13. The molecule has 0 aliphatic heterocycles. The first-order valence-electron chi connectivity index (χ1n) is 5.92. The Hall–Kier alpha value is -1.45. The number of aryl methyl sites for hydroxylation is 1. The van der Waals surface area contributed by atoms with Crippen molar-refractivity contribution >= 4 is 11.6 Å². The molecule has 1 nitrogen and oxygen atoms in total. The van der Waals surface area contributed by atoms with Crippen LogP contribution in [0.15, 0.2) is 36.4 Å². The van der Waals surface area contributed by atoms with Crippen LogP contribution in [0, 0.1) is 18.6 Å². The summed E-state index contributed by atoms with van der Waals surface area (Å²) in [4.78, 5) is 0. The molecule has 2 aromatic rings. The Morgan fingerprint density at radius 3 is 2.53 bits per heavy atom. The standard InChI is InChI=1S/C15H14ClF2N/c1-9-6-7-10(17)8-12(9)15(19-2)11-4-3-5-13(18)14(11)16/h3-8,15,19H,1-2H3. The zero-order chi connectivity index (χ0) is 14.0. The van der Waals surface area contributed by atoms with Crippen LogP contribution in [-0.2, 0) is 0 Å². The summed E-state index contributed by atoms with van der Waals surface area (Å²) in [5.41, 5.74) is 2.26. The van der Waals surface area contributed by atoms with Crippen molar-refractivity contribution in [2.75, 3.05) is 7.05 Å². The largest absolute Gasteiger partial charge is 0.309 e. The Morgan fingerprint density at radius 1 is 1.11 bits per heavy atom. The van der Waals surface area contributed by atoms with Gasteiger partial charge in [-0.25, -0.2) is 8.78 Å². The number of halogens is 3. The van der Waals surface area contributed by atoms with Crippen LogP contribution in [0.25, 0.3) is 0 Å². The van der Waals surface area contributed by atoms with Gasteiger partial charge in [-0.3, -0.25) is 0 Å². The van der Waals surface area contributed by atoms with Gasteiger partial charge in [0, 0.05) is 0 Å². The molecule has 0 spiro atoms. The van der Waals surface area contributed by atoms with Gasteiger partial charge in [-0.15, -0.1) is 0 Å². The van der Waals surface area contributed by atoms with E-state index in [0.29, 0.717) is 5.56 Å². The number of nitrogens with one attached hydrogen (secondary N) is 1. The van der Waals surface area contributed by atoms with E-state index in [4.69, 9.17) is 11.6 Å². The third kappa shape index (κ3) is 2.77. The minimum atomic E-state index is -0.478. The predicted octanol–water partition coefficient (Wildman–Crippen LogP) is 4.24. The fourth-order valence-corrected chi connectivity index (χ4v) is 2.38. The summed E-state index contributed by atoms with van der Waals surface area (Å²) in [6, 6.07) is 8.82. The second-order valence-electron chi connectivity index (χ2n) is 4.37. The predicted molar refractivity (Wildman–Crippen MR) is 73.4 cm³/mol. The van der Waals surface area contributed by atoms with Gasteiger partial charge >= 0.3 is 0 Å². The van der Waals surface area contributed by atoms with Crippen LogP contribution in [0.4, 0.5) is 8.78 Å². The van der Waals surface area contributed by atoms with Crippen molar-refractivity contribution in [1.29, 1.82) is 0 Å². The molecule has 0 aliphatic carbocycles. The lowest BCUT2D eigenvalue weighted by Gasteiger charge is -2.20. The first-order valence-corrected chi connectivity index (χ1v) is 6.29. The molecule has 0 bridgehead atoms.